The molecule has 0 radical (unpaired) electrons. The van der Waals surface area contributed by atoms with Crippen molar-refractivity contribution in [1.82, 2.24) is 0 Å². The third-order valence-corrected chi connectivity index (χ3v) is 3.40. The first-order valence-corrected chi connectivity index (χ1v) is 7.03. The Bertz CT molecular complexity index is 335. The first-order valence-electron chi connectivity index (χ1n) is 7.03. The van der Waals surface area contributed by atoms with E-state index in [1.807, 2.05) is 6.92 Å². The molecule has 0 spiro atoms. The van der Waals surface area contributed by atoms with Crippen LogP contribution in [0, 0.1) is 5.92 Å². The van der Waals surface area contributed by atoms with Gasteiger partial charge in [-0.25, -0.2) is 0 Å². The SMILES string of the molecule is C/C=C/C(=O)C[C@H]1CC[C@H](C)[C@H](CC(=O)OCC)O1. The summed E-state index contributed by atoms with van der Waals surface area (Å²) < 4.78 is 10.8. The Kier molecular flexibility index (Phi) is 6.78. The lowest BCUT2D eigenvalue weighted by Crippen LogP contribution is -2.36. The number of rotatable bonds is 6. The Hall–Kier alpha value is -1.16. The lowest BCUT2D eigenvalue weighted by Gasteiger charge is -2.34. The van der Waals surface area contributed by atoms with E-state index in [0.717, 1.165) is 12.8 Å². The zero-order valence-corrected chi connectivity index (χ0v) is 12.1. The molecular weight excluding hydrogens is 244 g/mol. The molecule has 4 heteroatoms. The summed E-state index contributed by atoms with van der Waals surface area (Å²) in [6, 6.07) is 0. The molecule has 4 nitrogen and oxygen atoms in total. The summed E-state index contributed by atoms with van der Waals surface area (Å²) in [7, 11) is 0. The van der Waals surface area contributed by atoms with Crippen molar-refractivity contribution < 1.29 is 19.1 Å². The lowest BCUT2D eigenvalue weighted by molar-refractivity contribution is -0.152. The number of carbonyl (C=O) groups excluding carboxylic acids is 2. The summed E-state index contributed by atoms with van der Waals surface area (Å²) in [6.45, 7) is 6.09. The molecule has 0 amide bonds. The highest BCUT2D eigenvalue weighted by Gasteiger charge is 2.31. The van der Waals surface area contributed by atoms with E-state index in [2.05, 4.69) is 6.92 Å². The second-order valence-electron chi connectivity index (χ2n) is 5.03. The van der Waals surface area contributed by atoms with E-state index in [0.29, 0.717) is 18.9 Å². The third kappa shape index (κ3) is 5.55. The molecule has 1 rings (SSSR count). The second kappa shape index (κ2) is 8.10. The number of allylic oxidation sites excluding steroid dienone is 2. The predicted octanol–water partition coefficient (Wildman–Crippen LogP) is 2.66. The van der Waals surface area contributed by atoms with Crippen molar-refractivity contribution in [3.05, 3.63) is 12.2 Å². The number of ketones is 1. The molecule has 1 aliphatic heterocycles. The zero-order chi connectivity index (χ0) is 14.3. The van der Waals surface area contributed by atoms with Gasteiger partial charge in [-0.15, -0.1) is 0 Å². The van der Waals surface area contributed by atoms with Crippen LogP contribution in [-0.2, 0) is 19.1 Å². The van der Waals surface area contributed by atoms with E-state index in [-0.39, 0.29) is 30.4 Å². The molecule has 0 aromatic carbocycles. The van der Waals surface area contributed by atoms with Crippen LogP contribution in [-0.4, -0.2) is 30.6 Å². The maximum atomic E-state index is 11.6. The van der Waals surface area contributed by atoms with E-state index >= 15 is 0 Å². The highest BCUT2D eigenvalue weighted by Crippen LogP contribution is 2.28. The first kappa shape index (κ1) is 15.9. The highest BCUT2D eigenvalue weighted by molar-refractivity contribution is 5.89. The van der Waals surface area contributed by atoms with Crippen molar-refractivity contribution in [2.24, 2.45) is 5.92 Å². The van der Waals surface area contributed by atoms with Crippen molar-refractivity contribution >= 4 is 11.8 Å². The molecule has 0 bridgehead atoms. The summed E-state index contributed by atoms with van der Waals surface area (Å²) in [5.74, 6) is 0.189. The molecule has 3 atom stereocenters. The fourth-order valence-electron chi connectivity index (χ4n) is 2.35. The molecule has 108 valence electrons. The van der Waals surface area contributed by atoms with E-state index < -0.39 is 0 Å². The lowest BCUT2D eigenvalue weighted by atomic mass is 9.90. The van der Waals surface area contributed by atoms with Gasteiger partial charge in [-0.05, 0) is 38.7 Å². The number of carbonyl (C=O) groups is 2. The third-order valence-electron chi connectivity index (χ3n) is 3.40. The predicted molar refractivity (Wildman–Crippen MR) is 72.7 cm³/mol. The Morgan fingerprint density at radius 1 is 1.32 bits per heavy atom. The average molecular weight is 268 g/mol. The van der Waals surface area contributed by atoms with Crippen LogP contribution >= 0.6 is 0 Å². The van der Waals surface area contributed by atoms with Crippen LogP contribution in [0.25, 0.3) is 0 Å². The Labute approximate surface area is 115 Å². The number of ether oxygens (including phenoxy) is 2. The molecule has 0 aromatic rings. The van der Waals surface area contributed by atoms with E-state index in [4.69, 9.17) is 9.47 Å². The molecule has 1 aliphatic rings. The molecule has 0 unspecified atom stereocenters. The van der Waals surface area contributed by atoms with Crippen LogP contribution in [0.5, 0.6) is 0 Å². The minimum absolute atomic E-state index is 0.0701. The van der Waals surface area contributed by atoms with Crippen LogP contribution in [0.2, 0.25) is 0 Å². The molecule has 1 heterocycles. The molecule has 0 saturated carbocycles. The van der Waals surface area contributed by atoms with Crippen molar-refractivity contribution in [3.63, 3.8) is 0 Å². The number of esters is 1. The zero-order valence-electron chi connectivity index (χ0n) is 12.1. The minimum Gasteiger partial charge on any atom is -0.466 e. The standard InChI is InChI=1S/C15H24O4/c1-4-6-12(16)9-13-8-7-11(3)14(19-13)10-15(17)18-5-2/h4,6,11,13-14H,5,7-10H2,1-3H3/b6-4+/t11-,13+,14-/m0/s1. The Morgan fingerprint density at radius 3 is 2.68 bits per heavy atom. The molecule has 19 heavy (non-hydrogen) atoms. The van der Waals surface area contributed by atoms with E-state index in [1.54, 1.807) is 19.1 Å². The summed E-state index contributed by atoms with van der Waals surface area (Å²) in [5, 5.41) is 0. The van der Waals surface area contributed by atoms with Crippen molar-refractivity contribution in [2.45, 2.75) is 58.7 Å². The van der Waals surface area contributed by atoms with Gasteiger partial charge in [0.05, 0.1) is 25.2 Å². The molecule has 1 saturated heterocycles. The Balaban J connectivity index is 2.48. The van der Waals surface area contributed by atoms with Crippen LogP contribution in [0.3, 0.4) is 0 Å². The van der Waals surface area contributed by atoms with Gasteiger partial charge in [-0.2, -0.15) is 0 Å². The molecule has 0 N–H and O–H groups in total. The fourth-order valence-corrected chi connectivity index (χ4v) is 2.35. The quantitative estimate of drug-likeness (QED) is 0.549. The number of hydrogen-bond donors (Lipinski definition) is 0. The summed E-state index contributed by atoms with van der Waals surface area (Å²) in [5.41, 5.74) is 0. The Morgan fingerprint density at radius 2 is 2.05 bits per heavy atom. The second-order valence-corrected chi connectivity index (χ2v) is 5.03. The molecule has 1 fully saturated rings. The van der Waals surface area contributed by atoms with Crippen molar-refractivity contribution in [3.8, 4) is 0 Å². The van der Waals surface area contributed by atoms with Gasteiger partial charge < -0.3 is 9.47 Å². The van der Waals surface area contributed by atoms with Gasteiger partial charge in [-0.3, -0.25) is 9.59 Å². The smallest absolute Gasteiger partial charge is 0.308 e. The largest absolute Gasteiger partial charge is 0.466 e. The summed E-state index contributed by atoms with van der Waals surface area (Å²) in [4.78, 5) is 23.1. The van der Waals surface area contributed by atoms with E-state index in [9.17, 15) is 9.59 Å². The molecule has 0 aromatic heterocycles. The topological polar surface area (TPSA) is 52.6 Å². The summed E-state index contributed by atoms with van der Waals surface area (Å²) >= 11 is 0. The van der Waals surface area contributed by atoms with Crippen molar-refractivity contribution in [2.75, 3.05) is 6.61 Å². The first-order chi connectivity index (χ1) is 9.06. The van der Waals surface area contributed by atoms with Gasteiger partial charge in [0.1, 0.15) is 0 Å². The normalized spacial score (nSPS) is 27.4. The molecular formula is C15H24O4. The van der Waals surface area contributed by atoms with E-state index in [1.165, 1.54) is 0 Å². The monoisotopic (exact) mass is 268 g/mol. The fraction of sp³-hybridized carbons (Fsp3) is 0.733. The van der Waals surface area contributed by atoms with Gasteiger partial charge in [0.25, 0.3) is 0 Å². The van der Waals surface area contributed by atoms with Gasteiger partial charge in [0.2, 0.25) is 0 Å². The highest BCUT2D eigenvalue weighted by atomic mass is 16.5. The number of hydrogen-bond acceptors (Lipinski definition) is 4. The van der Waals surface area contributed by atoms with Crippen LogP contribution in [0.1, 0.15) is 46.5 Å². The van der Waals surface area contributed by atoms with Crippen LogP contribution in [0.4, 0.5) is 0 Å². The van der Waals surface area contributed by atoms with Crippen molar-refractivity contribution in [1.29, 1.82) is 0 Å². The molecule has 0 aliphatic carbocycles. The van der Waals surface area contributed by atoms with Gasteiger partial charge in [-0.1, -0.05) is 13.0 Å². The van der Waals surface area contributed by atoms with Crippen LogP contribution < -0.4 is 0 Å². The van der Waals surface area contributed by atoms with Gasteiger partial charge in [0.15, 0.2) is 5.78 Å². The average Bonchev–Trinajstić information content (AvgIpc) is 2.34. The summed E-state index contributed by atoms with van der Waals surface area (Å²) in [6.07, 6.45) is 5.66. The maximum Gasteiger partial charge on any atom is 0.308 e. The maximum absolute atomic E-state index is 11.6. The van der Waals surface area contributed by atoms with Gasteiger partial charge in [0, 0.05) is 6.42 Å². The van der Waals surface area contributed by atoms with Crippen LogP contribution in [0.15, 0.2) is 12.2 Å². The minimum atomic E-state index is -0.222. The van der Waals surface area contributed by atoms with Gasteiger partial charge >= 0.3 is 5.97 Å².